The van der Waals surface area contributed by atoms with Crippen molar-refractivity contribution in [2.45, 2.75) is 13.8 Å². The van der Waals surface area contributed by atoms with E-state index in [4.69, 9.17) is 25.8 Å². The summed E-state index contributed by atoms with van der Waals surface area (Å²) in [6.45, 7) is 5.30. The van der Waals surface area contributed by atoms with E-state index in [2.05, 4.69) is 0 Å². The topological polar surface area (TPSA) is 44.8 Å². The van der Waals surface area contributed by atoms with E-state index in [1.165, 1.54) is 0 Å². The molecule has 0 aromatic rings. The van der Waals surface area contributed by atoms with Crippen LogP contribution in [0.1, 0.15) is 13.8 Å². The molecule has 0 atom stereocenters. The minimum absolute atomic E-state index is 0.202. The zero-order valence-corrected chi connectivity index (χ0v) is 9.38. The van der Waals surface area contributed by atoms with E-state index in [9.17, 15) is 4.79 Å². The molecule has 0 aromatic heterocycles. The minimum Gasteiger partial charge on any atom is -0.434 e. The van der Waals surface area contributed by atoms with Gasteiger partial charge >= 0.3 is 6.16 Å². The van der Waals surface area contributed by atoms with Gasteiger partial charge in [0, 0.05) is 5.88 Å². The van der Waals surface area contributed by atoms with Gasteiger partial charge in [-0.3, -0.25) is 0 Å². The van der Waals surface area contributed by atoms with Gasteiger partial charge in [0.05, 0.1) is 19.8 Å². The summed E-state index contributed by atoms with van der Waals surface area (Å²) in [7, 11) is 0. The quantitative estimate of drug-likeness (QED) is 0.377. The van der Waals surface area contributed by atoms with Crippen LogP contribution in [0.15, 0.2) is 0 Å². The fraction of sp³-hybridized carbons (Fsp3) is 0.889. The molecule has 0 saturated carbocycles. The third kappa shape index (κ3) is 9.61. The van der Waals surface area contributed by atoms with Crippen molar-refractivity contribution in [3.63, 3.8) is 0 Å². The van der Waals surface area contributed by atoms with Gasteiger partial charge < -0.3 is 14.2 Å². The number of halogens is 1. The smallest absolute Gasteiger partial charge is 0.434 e. The Morgan fingerprint density at radius 3 is 2.50 bits per heavy atom. The fourth-order valence-corrected chi connectivity index (χ4v) is 0.726. The van der Waals surface area contributed by atoms with Gasteiger partial charge in [-0.2, -0.15) is 0 Å². The molecule has 0 amide bonds. The van der Waals surface area contributed by atoms with E-state index in [1.807, 2.05) is 13.8 Å². The normalized spacial score (nSPS) is 10.3. The van der Waals surface area contributed by atoms with Crippen LogP contribution >= 0.6 is 11.6 Å². The third-order valence-electron chi connectivity index (χ3n) is 1.20. The van der Waals surface area contributed by atoms with Crippen LogP contribution in [0.4, 0.5) is 4.79 Å². The zero-order chi connectivity index (χ0) is 10.8. The molecular weight excluding hydrogens is 208 g/mol. The van der Waals surface area contributed by atoms with Gasteiger partial charge in [0.1, 0.15) is 6.61 Å². The van der Waals surface area contributed by atoms with Gasteiger partial charge in [0.15, 0.2) is 0 Å². The summed E-state index contributed by atoms with van der Waals surface area (Å²) in [6.07, 6.45) is -0.645. The summed E-state index contributed by atoms with van der Waals surface area (Å²) >= 11 is 5.37. The molecule has 0 radical (unpaired) electrons. The Hall–Kier alpha value is -0.480. The first-order valence-electron chi connectivity index (χ1n) is 4.60. The predicted octanol–water partition coefficient (Wildman–Crippen LogP) is 2.05. The summed E-state index contributed by atoms with van der Waals surface area (Å²) in [5, 5.41) is 0. The first kappa shape index (κ1) is 13.5. The molecule has 84 valence electrons. The van der Waals surface area contributed by atoms with Crippen LogP contribution in [0.3, 0.4) is 0 Å². The number of rotatable bonds is 7. The van der Waals surface area contributed by atoms with Crippen LogP contribution in [0, 0.1) is 5.92 Å². The molecule has 0 unspecified atom stereocenters. The highest BCUT2D eigenvalue weighted by Gasteiger charge is 2.04. The Kier molecular flexibility index (Phi) is 8.78. The molecule has 0 heterocycles. The van der Waals surface area contributed by atoms with Crippen LogP contribution in [0.25, 0.3) is 0 Å². The lowest BCUT2D eigenvalue weighted by molar-refractivity contribution is 0.0247. The molecule has 0 aliphatic rings. The van der Waals surface area contributed by atoms with Crippen molar-refractivity contribution in [2.24, 2.45) is 5.92 Å². The van der Waals surface area contributed by atoms with Crippen LogP contribution in [0.2, 0.25) is 0 Å². The van der Waals surface area contributed by atoms with E-state index >= 15 is 0 Å². The Morgan fingerprint density at radius 2 is 1.93 bits per heavy atom. The Labute approximate surface area is 89.5 Å². The summed E-state index contributed by atoms with van der Waals surface area (Å²) in [6, 6.07) is 0. The summed E-state index contributed by atoms with van der Waals surface area (Å²) < 4.78 is 14.5. The van der Waals surface area contributed by atoms with Gasteiger partial charge in [0.2, 0.25) is 0 Å². The van der Waals surface area contributed by atoms with Crippen molar-refractivity contribution in [3.8, 4) is 0 Å². The van der Waals surface area contributed by atoms with Gasteiger partial charge in [-0.1, -0.05) is 13.8 Å². The average Bonchev–Trinajstić information content (AvgIpc) is 2.14. The van der Waals surface area contributed by atoms with Crippen molar-refractivity contribution < 1.29 is 19.0 Å². The summed E-state index contributed by atoms with van der Waals surface area (Å²) in [5.41, 5.74) is 0. The van der Waals surface area contributed by atoms with E-state index in [1.54, 1.807) is 0 Å². The third-order valence-corrected chi connectivity index (χ3v) is 1.36. The van der Waals surface area contributed by atoms with E-state index in [-0.39, 0.29) is 6.61 Å². The molecule has 0 spiro atoms. The molecule has 0 fully saturated rings. The number of alkyl halides is 1. The van der Waals surface area contributed by atoms with Crippen LogP contribution in [-0.2, 0) is 14.2 Å². The molecule has 0 N–H and O–H groups in total. The molecular formula is C9H17ClO4. The maximum Gasteiger partial charge on any atom is 0.508 e. The minimum atomic E-state index is -0.645. The van der Waals surface area contributed by atoms with E-state index < -0.39 is 6.16 Å². The molecule has 0 saturated heterocycles. The maximum atomic E-state index is 10.9. The second-order valence-electron chi connectivity index (χ2n) is 3.10. The van der Waals surface area contributed by atoms with Crippen molar-refractivity contribution >= 4 is 17.8 Å². The standard InChI is InChI=1S/C9H17ClO4/c1-8(2)7-14-9(11)13-6-5-12-4-3-10/h8H,3-7H2,1-2H3. The largest absolute Gasteiger partial charge is 0.508 e. The molecule has 0 aromatic carbocycles. The second kappa shape index (κ2) is 9.09. The monoisotopic (exact) mass is 224 g/mol. The summed E-state index contributed by atoms with van der Waals surface area (Å²) in [5.74, 6) is 0.757. The van der Waals surface area contributed by atoms with Crippen LogP contribution in [-0.4, -0.2) is 38.5 Å². The van der Waals surface area contributed by atoms with Crippen molar-refractivity contribution in [1.82, 2.24) is 0 Å². The lowest BCUT2D eigenvalue weighted by atomic mass is 10.2. The highest BCUT2D eigenvalue weighted by Crippen LogP contribution is 1.94. The van der Waals surface area contributed by atoms with Crippen molar-refractivity contribution in [3.05, 3.63) is 0 Å². The van der Waals surface area contributed by atoms with Crippen LogP contribution in [0.5, 0.6) is 0 Å². The highest BCUT2D eigenvalue weighted by molar-refractivity contribution is 6.17. The molecule has 0 bridgehead atoms. The van der Waals surface area contributed by atoms with Gasteiger partial charge in [-0.25, -0.2) is 4.79 Å². The lowest BCUT2D eigenvalue weighted by Crippen LogP contribution is -2.15. The first-order chi connectivity index (χ1) is 6.66. The number of hydrogen-bond acceptors (Lipinski definition) is 4. The lowest BCUT2D eigenvalue weighted by Gasteiger charge is -2.07. The Balaban J connectivity index is 3.18. The molecule has 4 nitrogen and oxygen atoms in total. The predicted molar refractivity (Wildman–Crippen MR) is 53.7 cm³/mol. The number of ether oxygens (including phenoxy) is 3. The first-order valence-corrected chi connectivity index (χ1v) is 5.13. The average molecular weight is 225 g/mol. The fourth-order valence-electron chi connectivity index (χ4n) is 0.617. The molecule has 0 aliphatic carbocycles. The van der Waals surface area contributed by atoms with Gasteiger partial charge in [-0.15, -0.1) is 11.6 Å². The molecule has 0 rings (SSSR count). The van der Waals surface area contributed by atoms with Gasteiger partial charge in [0.25, 0.3) is 0 Å². The number of hydrogen-bond donors (Lipinski definition) is 0. The summed E-state index contributed by atoms with van der Waals surface area (Å²) in [4.78, 5) is 10.9. The Morgan fingerprint density at radius 1 is 1.21 bits per heavy atom. The van der Waals surface area contributed by atoms with Crippen LogP contribution < -0.4 is 0 Å². The zero-order valence-electron chi connectivity index (χ0n) is 8.62. The number of carbonyl (C=O) groups excluding carboxylic acids is 1. The second-order valence-corrected chi connectivity index (χ2v) is 3.48. The van der Waals surface area contributed by atoms with Crippen molar-refractivity contribution in [1.29, 1.82) is 0 Å². The maximum absolute atomic E-state index is 10.9. The van der Waals surface area contributed by atoms with E-state index in [0.29, 0.717) is 31.6 Å². The Bertz CT molecular complexity index is 150. The SMILES string of the molecule is CC(C)COC(=O)OCCOCCCl. The highest BCUT2D eigenvalue weighted by atomic mass is 35.5. The van der Waals surface area contributed by atoms with Gasteiger partial charge in [-0.05, 0) is 5.92 Å². The van der Waals surface area contributed by atoms with E-state index in [0.717, 1.165) is 0 Å². The number of carbonyl (C=O) groups is 1. The molecule has 14 heavy (non-hydrogen) atoms. The molecule has 0 aliphatic heterocycles. The van der Waals surface area contributed by atoms with Crippen molar-refractivity contribution in [2.75, 3.05) is 32.3 Å². The molecule has 5 heteroatoms.